The van der Waals surface area contributed by atoms with Gasteiger partial charge in [0, 0.05) is 44.1 Å². The fraction of sp³-hybridized carbons (Fsp3) is 0.692. The van der Waals surface area contributed by atoms with Crippen molar-refractivity contribution in [1.82, 2.24) is 19.4 Å². The SMILES string of the molecule is Cn1ncc2cc(C3CCC(OCC4CN(C(=O)C5CCOC5)CC[C@@H]4NS(C)(=O)=O)CC3)ccc21. The minimum Gasteiger partial charge on any atom is -0.381 e. The molecule has 2 aromatic rings. The number of carbonyl (C=O) groups is 1. The monoisotopic (exact) mass is 518 g/mol. The molecule has 2 unspecified atom stereocenters. The van der Waals surface area contributed by atoms with Crippen LogP contribution in [-0.2, 0) is 31.3 Å². The summed E-state index contributed by atoms with van der Waals surface area (Å²) in [6, 6.07) is 6.42. The lowest BCUT2D eigenvalue weighted by atomic mass is 9.82. The number of fused-ring (bicyclic) bond motifs is 1. The summed E-state index contributed by atoms with van der Waals surface area (Å²) in [5, 5.41) is 5.53. The third-order valence-corrected chi connectivity index (χ3v) is 8.88. The minimum atomic E-state index is -3.34. The van der Waals surface area contributed by atoms with Crippen molar-refractivity contribution in [3.05, 3.63) is 30.0 Å². The standard InChI is InChI=1S/C26H38N4O5S/c1-29-25-8-5-19(13-21(25)14-27-29)18-3-6-23(7-4-18)35-17-22-15-30(26(31)20-10-12-34-16-20)11-9-24(22)28-36(2,32)33/h5,8,13-14,18,20,22-24,28H,3-4,6-7,9-12,15-17H2,1-2H3/t18?,20?,22?,23?,24-/m0/s1. The molecule has 2 saturated heterocycles. The van der Waals surface area contributed by atoms with Crippen LogP contribution in [0.2, 0.25) is 0 Å². The third kappa shape index (κ3) is 5.93. The molecule has 10 heteroatoms. The van der Waals surface area contributed by atoms with Crippen molar-refractivity contribution >= 4 is 26.8 Å². The molecule has 0 radical (unpaired) electrons. The van der Waals surface area contributed by atoms with Gasteiger partial charge >= 0.3 is 0 Å². The Balaban J connectivity index is 1.17. The van der Waals surface area contributed by atoms with Crippen molar-refractivity contribution in [2.75, 3.05) is 39.2 Å². The van der Waals surface area contributed by atoms with Gasteiger partial charge in [0.2, 0.25) is 15.9 Å². The van der Waals surface area contributed by atoms with Gasteiger partial charge in [-0.2, -0.15) is 5.10 Å². The van der Waals surface area contributed by atoms with Gasteiger partial charge in [-0.3, -0.25) is 9.48 Å². The van der Waals surface area contributed by atoms with E-state index in [9.17, 15) is 13.2 Å². The number of aryl methyl sites for hydroxylation is 1. The molecule has 1 N–H and O–H groups in total. The molecule has 5 rings (SSSR count). The Bertz CT molecular complexity index is 1170. The number of amides is 1. The zero-order valence-corrected chi connectivity index (χ0v) is 22.1. The van der Waals surface area contributed by atoms with Crippen molar-refractivity contribution in [2.45, 2.75) is 56.6 Å². The van der Waals surface area contributed by atoms with Crippen molar-refractivity contribution in [2.24, 2.45) is 18.9 Å². The van der Waals surface area contributed by atoms with E-state index in [4.69, 9.17) is 9.47 Å². The largest absolute Gasteiger partial charge is 0.381 e. The van der Waals surface area contributed by atoms with Gasteiger partial charge in [0.05, 0.1) is 43.2 Å². The van der Waals surface area contributed by atoms with E-state index in [-0.39, 0.29) is 29.9 Å². The predicted molar refractivity (Wildman–Crippen MR) is 137 cm³/mol. The normalized spacial score (nSPS) is 29.6. The highest BCUT2D eigenvalue weighted by Crippen LogP contribution is 2.35. The summed E-state index contributed by atoms with van der Waals surface area (Å²) in [7, 11) is -1.38. The Hall–Kier alpha value is -2.01. The van der Waals surface area contributed by atoms with E-state index >= 15 is 0 Å². The fourth-order valence-electron chi connectivity index (χ4n) is 6.08. The Morgan fingerprint density at radius 2 is 2.00 bits per heavy atom. The second-order valence-electron chi connectivity index (χ2n) is 10.8. The number of piperidine rings is 1. The molecule has 1 aromatic heterocycles. The summed E-state index contributed by atoms with van der Waals surface area (Å²) in [6.07, 6.45) is 8.74. The van der Waals surface area contributed by atoms with Crippen LogP contribution in [0.4, 0.5) is 0 Å². The lowest BCUT2D eigenvalue weighted by Gasteiger charge is -2.40. The number of nitrogens with zero attached hydrogens (tertiary/aromatic N) is 3. The Labute approximate surface area is 213 Å². The highest BCUT2D eigenvalue weighted by Gasteiger charge is 2.37. The minimum absolute atomic E-state index is 0.0644. The van der Waals surface area contributed by atoms with E-state index in [1.54, 1.807) is 0 Å². The molecular formula is C26H38N4O5S. The molecule has 3 fully saturated rings. The molecular weight excluding hydrogens is 480 g/mol. The summed E-state index contributed by atoms with van der Waals surface area (Å²) < 4.78 is 40.4. The fourth-order valence-corrected chi connectivity index (χ4v) is 6.94. The average molecular weight is 519 g/mol. The number of hydrogen-bond donors (Lipinski definition) is 1. The van der Waals surface area contributed by atoms with Crippen molar-refractivity contribution in [1.29, 1.82) is 0 Å². The van der Waals surface area contributed by atoms with Crippen molar-refractivity contribution < 1.29 is 22.7 Å². The molecule has 3 aliphatic rings. The van der Waals surface area contributed by atoms with Crippen LogP contribution in [0.15, 0.2) is 24.4 Å². The van der Waals surface area contributed by atoms with Gasteiger partial charge < -0.3 is 14.4 Å². The van der Waals surface area contributed by atoms with Crippen LogP contribution in [0, 0.1) is 11.8 Å². The summed E-state index contributed by atoms with van der Waals surface area (Å²) in [6.45, 7) is 2.65. The van der Waals surface area contributed by atoms with E-state index < -0.39 is 10.0 Å². The summed E-state index contributed by atoms with van der Waals surface area (Å²) in [5.74, 6) is 0.504. The van der Waals surface area contributed by atoms with E-state index in [0.717, 1.165) is 37.6 Å². The Morgan fingerprint density at radius 1 is 1.19 bits per heavy atom. The van der Waals surface area contributed by atoms with Gasteiger partial charge in [-0.1, -0.05) is 6.07 Å². The molecule has 0 bridgehead atoms. The van der Waals surface area contributed by atoms with Crippen LogP contribution in [0.1, 0.15) is 50.0 Å². The molecule has 36 heavy (non-hydrogen) atoms. The number of carbonyl (C=O) groups excluding carboxylic acids is 1. The van der Waals surface area contributed by atoms with Crippen LogP contribution in [0.3, 0.4) is 0 Å². The van der Waals surface area contributed by atoms with Gasteiger partial charge in [-0.25, -0.2) is 13.1 Å². The first-order valence-electron chi connectivity index (χ1n) is 13.1. The number of aromatic nitrogens is 2. The first-order chi connectivity index (χ1) is 17.3. The number of hydrogen-bond acceptors (Lipinski definition) is 6. The molecule has 0 spiro atoms. The van der Waals surface area contributed by atoms with Gasteiger partial charge in [0.15, 0.2) is 0 Å². The molecule has 1 aromatic carbocycles. The maximum absolute atomic E-state index is 13.0. The highest BCUT2D eigenvalue weighted by molar-refractivity contribution is 7.88. The number of sulfonamides is 1. The Morgan fingerprint density at radius 3 is 2.72 bits per heavy atom. The van der Waals surface area contributed by atoms with E-state index in [1.165, 1.54) is 17.2 Å². The van der Waals surface area contributed by atoms with E-state index in [1.807, 2.05) is 22.8 Å². The number of likely N-dealkylation sites (tertiary alicyclic amines) is 1. The average Bonchev–Trinajstić information content (AvgIpc) is 3.53. The van der Waals surface area contributed by atoms with Gasteiger partial charge in [-0.15, -0.1) is 0 Å². The number of rotatable bonds is 7. The zero-order valence-electron chi connectivity index (χ0n) is 21.3. The second-order valence-corrected chi connectivity index (χ2v) is 12.6. The smallest absolute Gasteiger partial charge is 0.228 e. The van der Waals surface area contributed by atoms with Gasteiger partial charge in [0.1, 0.15) is 0 Å². The quantitative estimate of drug-likeness (QED) is 0.604. The third-order valence-electron chi connectivity index (χ3n) is 8.15. The van der Waals surface area contributed by atoms with Gasteiger partial charge in [-0.05, 0) is 62.1 Å². The van der Waals surface area contributed by atoms with Crippen LogP contribution < -0.4 is 4.72 Å². The van der Waals surface area contributed by atoms with Crippen molar-refractivity contribution in [3.63, 3.8) is 0 Å². The maximum atomic E-state index is 13.0. The number of ether oxygens (including phenoxy) is 2. The zero-order chi connectivity index (χ0) is 25.3. The molecule has 1 saturated carbocycles. The topological polar surface area (TPSA) is 103 Å². The van der Waals surface area contributed by atoms with Gasteiger partial charge in [0.25, 0.3) is 0 Å². The Kier molecular flexibility index (Phi) is 7.67. The summed E-state index contributed by atoms with van der Waals surface area (Å²) in [5.41, 5.74) is 2.51. The maximum Gasteiger partial charge on any atom is 0.228 e. The molecule has 3 atom stereocenters. The summed E-state index contributed by atoms with van der Waals surface area (Å²) >= 11 is 0. The second kappa shape index (κ2) is 10.8. The molecule has 2 aliphatic heterocycles. The highest BCUT2D eigenvalue weighted by atomic mass is 32.2. The lowest BCUT2D eigenvalue weighted by Crippen LogP contribution is -2.54. The number of nitrogens with one attached hydrogen (secondary N) is 1. The molecule has 198 valence electrons. The van der Waals surface area contributed by atoms with E-state index in [2.05, 4.69) is 28.0 Å². The van der Waals surface area contributed by atoms with Crippen LogP contribution >= 0.6 is 0 Å². The summed E-state index contributed by atoms with van der Waals surface area (Å²) in [4.78, 5) is 14.8. The molecule has 1 amide bonds. The molecule has 1 aliphatic carbocycles. The lowest BCUT2D eigenvalue weighted by molar-refractivity contribution is -0.138. The van der Waals surface area contributed by atoms with Crippen molar-refractivity contribution in [3.8, 4) is 0 Å². The molecule has 3 heterocycles. The van der Waals surface area contributed by atoms with Crippen LogP contribution in [0.25, 0.3) is 10.9 Å². The molecule has 9 nitrogen and oxygen atoms in total. The van der Waals surface area contributed by atoms with E-state index in [0.29, 0.717) is 45.2 Å². The van der Waals surface area contributed by atoms with Crippen LogP contribution in [0.5, 0.6) is 0 Å². The first-order valence-corrected chi connectivity index (χ1v) is 15.0. The number of benzene rings is 1. The first kappa shape index (κ1) is 25.6. The van der Waals surface area contributed by atoms with Crippen LogP contribution in [-0.4, -0.2) is 80.3 Å². The predicted octanol–water partition coefficient (Wildman–Crippen LogP) is 2.42.